The molecule has 5 nitrogen and oxygen atoms in total. The molecule has 0 aliphatic rings. The van der Waals surface area contributed by atoms with Crippen molar-refractivity contribution in [3.8, 4) is 5.75 Å². The topological polar surface area (TPSA) is 86.6 Å². The van der Waals surface area contributed by atoms with E-state index in [1.54, 1.807) is 12.1 Å². The van der Waals surface area contributed by atoms with Crippen LogP contribution in [0, 0.1) is 0 Å². The SMILES string of the molecule is O=C(O)CSCC(=O)Nc1ccc(O)cc1. The lowest BCUT2D eigenvalue weighted by molar-refractivity contribution is -0.133. The maximum absolute atomic E-state index is 11.3. The first-order chi connectivity index (χ1) is 7.58. The summed E-state index contributed by atoms with van der Waals surface area (Å²) >= 11 is 1.03. The third-order valence-corrected chi connectivity index (χ3v) is 2.53. The Balaban J connectivity index is 2.34. The zero-order chi connectivity index (χ0) is 12.0. The monoisotopic (exact) mass is 241 g/mol. The zero-order valence-corrected chi connectivity index (χ0v) is 9.16. The van der Waals surface area contributed by atoms with Crippen LogP contribution in [0.15, 0.2) is 24.3 Å². The Morgan fingerprint density at radius 2 is 1.81 bits per heavy atom. The molecule has 0 fully saturated rings. The molecule has 0 spiro atoms. The number of carboxylic acids is 1. The smallest absolute Gasteiger partial charge is 0.313 e. The third-order valence-electron chi connectivity index (χ3n) is 1.61. The van der Waals surface area contributed by atoms with Gasteiger partial charge in [0, 0.05) is 5.69 Å². The molecule has 16 heavy (non-hydrogen) atoms. The third kappa shape index (κ3) is 4.70. The fraction of sp³-hybridized carbons (Fsp3) is 0.200. The molecule has 6 heteroatoms. The van der Waals surface area contributed by atoms with Gasteiger partial charge < -0.3 is 15.5 Å². The predicted molar refractivity (Wildman–Crippen MR) is 61.7 cm³/mol. The van der Waals surface area contributed by atoms with Gasteiger partial charge in [0.05, 0.1) is 11.5 Å². The molecule has 0 saturated heterocycles. The van der Waals surface area contributed by atoms with Crippen molar-refractivity contribution in [2.24, 2.45) is 0 Å². The van der Waals surface area contributed by atoms with Gasteiger partial charge in [-0.3, -0.25) is 9.59 Å². The normalized spacial score (nSPS) is 9.75. The molecule has 0 aliphatic heterocycles. The van der Waals surface area contributed by atoms with E-state index in [0.29, 0.717) is 5.69 Å². The number of phenolic OH excluding ortho intramolecular Hbond substituents is 1. The number of nitrogens with one attached hydrogen (secondary N) is 1. The van der Waals surface area contributed by atoms with Gasteiger partial charge in [-0.2, -0.15) is 0 Å². The minimum Gasteiger partial charge on any atom is -0.508 e. The Hall–Kier alpha value is -1.69. The lowest BCUT2D eigenvalue weighted by atomic mass is 10.3. The lowest BCUT2D eigenvalue weighted by Gasteiger charge is -2.04. The fourth-order valence-electron chi connectivity index (χ4n) is 0.973. The van der Waals surface area contributed by atoms with Gasteiger partial charge in [0.2, 0.25) is 5.91 Å². The van der Waals surface area contributed by atoms with Crippen LogP contribution in [0.2, 0.25) is 0 Å². The average Bonchev–Trinajstić information content (AvgIpc) is 2.21. The van der Waals surface area contributed by atoms with Crippen LogP contribution in [-0.2, 0) is 9.59 Å². The first-order valence-electron chi connectivity index (χ1n) is 4.46. The number of thioether (sulfide) groups is 1. The Labute approximate surface area is 96.5 Å². The van der Waals surface area contributed by atoms with Crippen molar-refractivity contribution in [3.05, 3.63) is 24.3 Å². The van der Waals surface area contributed by atoms with E-state index in [2.05, 4.69) is 5.32 Å². The number of hydrogen-bond acceptors (Lipinski definition) is 4. The van der Waals surface area contributed by atoms with Crippen LogP contribution in [0.4, 0.5) is 5.69 Å². The summed E-state index contributed by atoms with van der Waals surface area (Å²) in [5, 5.41) is 20.0. The van der Waals surface area contributed by atoms with E-state index in [0.717, 1.165) is 11.8 Å². The summed E-state index contributed by atoms with van der Waals surface area (Å²) in [6.45, 7) is 0. The van der Waals surface area contributed by atoms with Crippen molar-refractivity contribution in [1.29, 1.82) is 0 Å². The van der Waals surface area contributed by atoms with Crippen molar-refractivity contribution in [2.75, 3.05) is 16.8 Å². The van der Waals surface area contributed by atoms with E-state index in [1.807, 2.05) is 0 Å². The average molecular weight is 241 g/mol. The Kier molecular flexibility index (Phi) is 4.65. The summed E-state index contributed by atoms with van der Waals surface area (Å²) in [6.07, 6.45) is 0. The van der Waals surface area contributed by atoms with Gasteiger partial charge >= 0.3 is 5.97 Å². The van der Waals surface area contributed by atoms with Crippen LogP contribution in [0.1, 0.15) is 0 Å². The molecule has 0 heterocycles. The summed E-state index contributed by atoms with van der Waals surface area (Å²) < 4.78 is 0. The second-order valence-electron chi connectivity index (χ2n) is 2.98. The maximum atomic E-state index is 11.3. The second-order valence-corrected chi connectivity index (χ2v) is 3.97. The zero-order valence-electron chi connectivity index (χ0n) is 8.34. The number of amides is 1. The van der Waals surface area contributed by atoms with E-state index in [-0.39, 0.29) is 23.2 Å². The van der Waals surface area contributed by atoms with Gasteiger partial charge in [0.25, 0.3) is 0 Å². The minimum absolute atomic E-state index is 0.0905. The number of aliphatic carboxylic acids is 1. The van der Waals surface area contributed by atoms with Gasteiger partial charge in [-0.15, -0.1) is 11.8 Å². The molecule has 3 N–H and O–H groups in total. The summed E-state index contributed by atoms with van der Waals surface area (Å²) in [5.74, 6) is -1.09. The van der Waals surface area contributed by atoms with Gasteiger partial charge in [0.15, 0.2) is 0 Å². The number of rotatable bonds is 5. The minimum atomic E-state index is -0.942. The van der Waals surface area contributed by atoms with E-state index >= 15 is 0 Å². The fourth-order valence-corrected chi connectivity index (χ4v) is 1.51. The molecule has 0 unspecified atom stereocenters. The number of carbonyl (C=O) groups excluding carboxylic acids is 1. The molecule has 1 amide bonds. The highest BCUT2D eigenvalue weighted by molar-refractivity contribution is 8.00. The summed E-state index contributed by atoms with van der Waals surface area (Å²) in [7, 11) is 0. The number of anilines is 1. The van der Waals surface area contributed by atoms with Crippen molar-refractivity contribution >= 4 is 29.3 Å². The van der Waals surface area contributed by atoms with Crippen molar-refractivity contribution in [1.82, 2.24) is 0 Å². The van der Waals surface area contributed by atoms with Crippen LogP contribution in [0.3, 0.4) is 0 Å². The number of carboxylic acid groups (broad SMARTS) is 1. The first-order valence-corrected chi connectivity index (χ1v) is 5.62. The van der Waals surface area contributed by atoms with Gasteiger partial charge in [-0.25, -0.2) is 0 Å². The van der Waals surface area contributed by atoms with E-state index < -0.39 is 5.97 Å². The van der Waals surface area contributed by atoms with Crippen molar-refractivity contribution < 1.29 is 19.8 Å². The number of benzene rings is 1. The molecule has 1 rings (SSSR count). The predicted octanol–water partition coefficient (Wildman–Crippen LogP) is 1.15. The standard InChI is InChI=1S/C10H11NO4S/c12-8-3-1-7(2-4-8)11-9(13)5-16-6-10(14)15/h1-4,12H,5-6H2,(H,11,13)(H,14,15). The summed E-state index contributed by atoms with van der Waals surface area (Å²) in [4.78, 5) is 21.5. The summed E-state index contributed by atoms with van der Waals surface area (Å²) in [5.41, 5.74) is 0.568. The van der Waals surface area contributed by atoms with Crippen molar-refractivity contribution in [3.63, 3.8) is 0 Å². The largest absolute Gasteiger partial charge is 0.508 e. The molecule has 1 aromatic carbocycles. The Bertz CT molecular complexity index is 377. The van der Waals surface area contributed by atoms with Crippen LogP contribution < -0.4 is 5.32 Å². The molecule has 86 valence electrons. The molecule has 1 aromatic rings. The molecular formula is C10H11NO4S. The molecule has 0 radical (unpaired) electrons. The first kappa shape index (κ1) is 12.4. The molecule has 0 saturated carbocycles. The van der Waals surface area contributed by atoms with Crippen LogP contribution in [-0.4, -0.2) is 33.6 Å². The van der Waals surface area contributed by atoms with E-state index in [4.69, 9.17) is 10.2 Å². The number of hydrogen-bond donors (Lipinski definition) is 3. The van der Waals surface area contributed by atoms with Gasteiger partial charge in [-0.1, -0.05) is 0 Å². The van der Waals surface area contributed by atoms with E-state index in [9.17, 15) is 9.59 Å². The van der Waals surface area contributed by atoms with Crippen LogP contribution in [0.25, 0.3) is 0 Å². The van der Waals surface area contributed by atoms with Crippen LogP contribution in [0.5, 0.6) is 5.75 Å². The Morgan fingerprint density at radius 3 is 2.38 bits per heavy atom. The highest BCUT2D eigenvalue weighted by atomic mass is 32.2. The van der Waals surface area contributed by atoms with E-state index in [1.165, 1.54) is 12.1 Å². The highest BCUT2D eigenvalue weighted by Crippen LogP contribution is 2.14. The molecule has 0 aromatic heterocycles. The second kappa shape index (κ2) is 6.02. The number of phenols is 1. The Morgan fingerprint density at radius 1 is 1.19 bits per heavy atom. The van der Waals surface area contributed by atoms with Crippen LogP contribution >= 0.6 is 11.8 Å². The lowest BCUT2D eigenvalue weighted by Crippen LogP contribution is -2.15. The number of aromatic hydroxyl groups is 1. The molecule has 0 aliphatic carbocycles. The van der Waals surface area contributed by atoms with Crippen molar-refractivity contribution in [2.45, 2.75) is 0 Å². The number of carbonyl (C=O) groups is 2. The molecular weight excluding hydrogens is 230 g/mol. The molecule has 0 atom stereocenters. The van der Waals surface area contributed by atoms with Gasteiger partial charge in [0.1, 0.15) is 5.75 Å². The molecule has 0 bridgehead atoms. The quantitative estimate of drug-likeness (QED) is 0.673. The summed E-state index contributed by atoms with van der Waals surface area (Å²) in [6, 6.07) is 6.05. The maximum Gasteiger partial charge on any atom is 0.313 e. The van der Waals surface area contributed by atoms with Gasteiger partial charge in [-0.05, 0) is 24.3 Å². The highest BCUT2D eigenvalue weighted by Gasteiger charge is 2.04.